The van der Waals surface area contributed by atoms with Crippen LogP contribution in [0.2, 0.25) is 0 Å². The number of rotatable bonds is 2. The van der Waals surface area contributed by atoms with Crippen LogP contribution in [0.4, 0.5) is 0 Å². The van der Waals surface area contributed by atoms with Gasteiger partial charge in [0, 0.05) is 0 Å². The summed E-state index contributed by atoms with van der Waals surface area (Å²) in [6.07, 6.45) is 8.93. The zero-order valence-electron chi connectivity index (χ0n) is 17.3. The van der Waals surface area contributed by atoms with Gasteiger partial charge in [-0.05, 0) is 47.6 Å². The lowest BCUT2D eigenvalue weighted by atomic mass is 9.94. The van der Waals surface area contributed by atoms with Gasteiger partial charge in [-0.1, -0.05) is 108 Å². The zero-order valence-corrected chi connectivity index (χ0v) is 17.3. The first-order chi connectivity index (χ1) is 12.3. The number of allylic oxidation sites excluding steroid dienone is 4. The van der Waals surface area contributed by atoms with Gasteiger partial charge in [0.15, 0.2) is 0 Å². The SMILES string of the molecule is CC.CC.CC.Cc1ccccc1-c1ccc(C2=CC=CCC2)cc1. The molecule has 0 spiro atoms. The molecule has 0 heteroatoms. The largest absolute Gasteiger partial charge is 0.0842 e. The number of benzene rings is 2. The predicted octanol–water partition coefficient (Wildman–Crippen LogP) is 8.47. The Hall–Kier alpha value is -2.08. The van der Waals surface area contributed by atoms with Gasteiger partial charge in [-0.3, -0.25) is 0 Å². The Kier molecular flexibility index (Phi) is 13.1. The van der Waals surface area contributed by atoms with Crippen LogP contribution in [-0.2, 0) is 0 Å². The highest BCUT2D eigenvalue weighted by molar-refractivity contribution is 5.73. The lowest BCUT2D eigenvalue weighted by Gasteiger charge is -2.11. The van der Waals surface area contributed by atoms with Crippen LogP contribution in [0.15, 0.2) is 66.8 Å². The molecule has 0 nitrogen and oxygen atoms in total. The van der Waals surface area contributed by atoms with Crippen LogP contribution >= 0.6 is 0 Å². The maximum Gasteiger partial charge on any atom is -0.0155 e. The minimum absolute atomic E-state index is 1.15. The van der Waals surface area contributed by atoms with Crippen molar-refractivity contribution in [3.63, 3.8) is 0 Å². The van der Waals surface area contributed by atoms with Crippen LogP contribution in [0.3, 0.4) is 0 Å². The summed E-state index contributed by atoms with van der Waals surface area (Å²) < 4.78 is 0. The van der Waals surface area contributed by atoms with Crippen LogP contribution < -0.4 is 0 Å². The van der Waals surface area contributed by atoms with E-state index < -0.39 is 0 Å². The van der Waals surface area contributed by atoms with Crippen molar-refractivity contribution >= 4 is 5.57 Å². The summed E-state index contributed by atoms with van der Waals surface area (Å²) in [6.45, 7) is 14.2. The van der Waals surface area contributed by atoms with Crippen molar-refractivity contribution in [1.82, 2.24) is 0 Å². The molecule has 0 radical (unpaired) electrons. The fraction of sp³-hybridized carbons (Fsp3) is 0.360. The van der Waals surface area contributed by atoms with E-state index in [4.69, 9.17) is 0 Å². The van der Waals surface area contributed by atoms with Crippen molar-refractivity contribution in [1.29, 1.82) is 0 Å². The first kappa shape index (κ1) is 22.9. The summed E-state index contributed by atoms with van der Waals surface area (Å²) >= 11 is 0. The van der Waals surface area contributed by atoms with Gasteiger partial charge in [0.2, 0.25) is 0 Å². The molecule has 0 unspecified atom stereocenters. The molecule has 136 valence electrons. The highest BCUT2D eigenvalue weighted by Crippen LogP contribution is 2.27. The molecule has 0 N–H and O–H groups in total. The van der Waals surface area contributed by atoms with E-state index in [0.717, 1.165) is 12.8 Å². The summed E-state index contributed by atoms with van der Waals surface area (Å²) in [4.78, 5) is 0. The Morgan fingerprint density at radius 1 is 0.680 bits per heavy atom. The lowest BCUT2D eigenvalue weighted by Crippen LogP contribution is -1.88. The van der Waals surface area contributed by atoms with E-state index >= 15 is 0 Å². The molecule has 0 heterocycles. The average Bonchev–Trinajstić information content (AvgIpc) is 2.74. The van der Waals surface area contributed by atoms with E-state index in [2.05, 4.69) is 73.7 Å². The molecule has 0 fully saturated rings. The minimum atomic E-state index is 1.15. The van der Waals surface area contributed by atoms with Crippen molar-refractivity contribution in [3.05, 3.63) is 77.9 Å². The zero-order chi connectivity index (χ0) is 19.1. The molecule has 2 aromatic carbocycles. The Morgan fingerprint density at radius 3 is 1.76 bits per heavy atom. The Balaban J connectivity index is 0.000000871. The molecular weight excluding hydrogens is 300 g/mol. The van der Waals surface area contributed by atoms with Crippen LogP contribution in [0, 0.1) is 6.92 Å². The van der Waals surface area contributed by atoms with E-state index in [-0.39, 0.29) is 0 Å². The van der Waals surface area contributed by atoms with Gasteiger partial charge in [0.1, 0.15) is 0 Å². The van der Waals surface area contributed by atoms with Crippen LogP contribution in [0.25, 0.3) is 16.7 Å². The van der Waals surface area contributed by atoms with Crippen molar-refractivity contribution < 1.29 is 0 Å². The molecule has 0 bridgehead atoms. The van der Waals surface area contributed by atoms with Crippen molar-refractivity contribution in [2.24, 2.45) is 0 Å². The Labute approximate surface area is 156 Å². The van der Waals surface area contributed by atoms with Gasteiger partial charge in [0.05, 0.1) is 0 Å². The third-order valence-corrected chi connectivity index (χ3v) is 3.73. The van der Waals surface area contributed by atoms with Crippen LogP contribution in [0.1, 0.15) is 65.5 Å². The number of hydrogen-bond donors (Lipinski definition) is 0. The quantitative estimate of drug-likeness (QED) is 0.516. The second-order valence-electron chi connectivity index (χ2n) is 5.05. The summed E-state index contributed by atoms with van der Waals surface area (Å²) in [5, 5.41) is 0. The third kappa shape index (κ3) is 7.13. The summed E-state index contributed by atoms with van der Waals surface area (Å²) in [7, 11) is 0. The van der Waals surface area contributed by atoms with E-state index in [1.54, 1.807) is 0 Å². The molecule has 0 amide bonds. The van der Waals surface area contributed by atoms with Crippen LogP contribution in [-0.4, -0.2) is 0 Å². The molecule has 1 aliphatic rings. The van der Waals surface area contributed by atoms with Gasteiger partial charge in [0.25, 0.3) is 0 Å². The van der Waals surface area contributed by atoms with E-state index in [0.29, 0.717) is 0 Å². The maximum atomic E-state index is 2.24. The first-order valence-electron chi connectivity index (χ1n) is 9.87. The average molecular weight is 337 g/mol. The summed E-state index contributed by atoms with van der Waals surface area (Å²) in [5.74, 6) is 0. The fourth-order valence-corrected chi connectivity index (χ4v) is 2.60. The van der Waals surface area contributed by atoms with Gasteiger partial charge in [-0.15, -0.1) is 0 Å². The van der Waals surface area contributed by atoms with Gasteiger partial charge in [-0.25, -0.2) is 0 Å². The summed E-state index contributed by atoms with van der Waals surface area (Å²) in [6, 6.07) is 17.5. The molecule has 0 aliphatic heterocycles. The minimum Gasteiger partial charge on any atom is -0.0842 e. The highest BCUT2D eigenvalue weighted by Gasteiger charge is 2.05. The normalized spacial score (nSPS) is 11.6. The standard InChI is InChI=1S/C19H18.3C2H6/c1-15-7-5-6-10-19(15)18-13-11-17(12-14-18)16-8-3-2-4-9-16;3*1-2/h2-3,5-8,10-14H,4,9H2,1H3;3*1-2H3. The second-order valence-corrected chi connectivity index (χ2v) is 5.05. The third-order valence-electron chi connectivity index (χ3n) is 3.73. The van der Waals surface area contributed by atoms with E-state index in [1.807, 2.05) is 41.5 Å². The molecule has 3 rings (SSSR count). The van der Waals surface area contributed by atoms with Gasteiger partial charge in [-0.2, -0.15) is 0 Å². The van der Waals surface area contributed by atoms with Gasteiger partial charge < -0.3 is 0 Å². The predicted molar refractivity (Wildman–Crippen MR) is 117 cm³/mol. The van der Waals surface area contributed by atoms with Crippen molar-refractivity contribution in [2.45, 2.75) is 61.3 Å². The van der Waals surface area contributed by atoms with Gasteiger partial charge >= 0.3 is 0 Å². The molecule has 1 aliphatic carbocycles. The molecule has 0 aromatic heterocycles. The number of hydrogen-bond acceptors (Lipinski definition) is 0. The summed E-state index contributed by atoms with van der Waals surface area (Å²) in [5.41, 5.74) is 6.75. The Bertz CT molecular complexity index is 627. The highest BCUT2D eigenvalue weighted by atomic mass is 14.1. The molecular formula is C25H36. The van der Waals surface area contributed by atoms with E-state index in [9.17, 15) is 0 Å². The van der Waals surface area contributed by atoms with Crippen molar-refractivity contribution in [3.8, 4) is 11.1 Å². The number of aryl methyl sites for hydroxylation is 1. The van der Waals surface area contributed by atoms with Crippen molar-refractivity contribution in [2.75, 3.05) is 0 Å². The smallest absolute Gasteiger partial charge is 0.0155 e. The molecule has 25 heavy (non-hydrogen) atoms. The monoisotopic (exact) mass is 336 g/mol. The van der Waals surface area contributed by atoms with Crippen LogP contribution in [0.5, 0.6) is 0 Å². The topological polar surface area (TPSA) is 0 Å². The second kappa shape index (κ2) is 14.3. The molecule has 2 aromatic rings. The molecule has 0 saturated heterocycles. The molecule has 0 atom stereocenters. The lowest BCUT2D eigenvalue weighted by molar-refractivity contribution is 1.05. The van der Waals surface area contributed by atoms with E-state index in [1.165, 1.54) is 27.8 Å². The Morgan fingerprint density at radius 2 is 1.24 bits per heavy atom. The first-order valence-corrected chi connectivity index (χ1v) is 9.87. The maximum absolute atomic E-state index is 2.24. The fourth-order valence-electron chi connectivity index (χ4n) is 2.60. The molecule has 0 saturated carbocycles.